The number of benzene rings is 8. The number of hydrogen-bond donors (Lipinski definition) is 0. The maximum absolute atomic E-state index is 2.49. The Labute approximate surface area is 321 Å². The van der Waals surface area contributed by atoms with Gasteiger partial charge in [0.15, 0.2) is 0 Å². The smallest absolute Gasteiger partial charge is 0.0554 e. The molecule has 1 aromatic heterocycles. The average Bonchev–Trinajstić information content (AvgIpc) is 3.70. The summed E-state index contributed by atoms with van der Waals surface area (Å²) in [5.74, 6) is 0.450. The minimum atomic E-state index is -0.119. The number of anilines is 3. The highest BCUT2D eigenvalue weighted by atomic mass is 32.1. The van der Waals surface area contributed by atoms with Crippen LogP contribution in [-0.2, 0) is 5.41 Å². The third-order valence-corrected chi connectivity index (χ3v) is 12.8. The maximum atomic E-state index is 2.49. The molecular formula is C52H41NS. The molecular weight excluding hydrogens is 671 g/mol. The van der Waals surface area contributed by atoms with E-state index in [0.717, 1.165) is 5.69 Å². The Hall–Kier alpha value is -5.96. The first-order chi connectivity index (χ1) is 26.4. The Morgan fingerprint density at radius 2 is 1.13 bits per heavy atom. The van der Waals surface area contributed by atoms with Gasteiger partial charge in [0.2, 0.25) is 0 Å². The number of rotatable bonds is 6. The van der Waals surface area contributed by atoms with Gasteiger partial charge in [-0.25, -0.2) is 0 Å². The number of fused-ring (bicyclic) bond motifs is 7. The van der Waals surface area contributed by atoms with E-state index >= 15 is 0 Å². The number of nitrogens with zero attached hydrogens (tertiary/aromatic N) is 1. The van der Waals surface area contributed by atoms with E-state index in [1.54, 1.807) is 0 Å². The van der Waals surface area contributed by atoms with Gasteiger partial charge in [-0.05, 0) is 121 Å². The molecule has 54 heavy (non-hydrogen) atoms. The molecule has 1 heterocycles. The molecule has 1 nitrogen and oxygen atoms in total. The van der Waals surface area contributed by atoms with Crippen LogP contribution < -0.4 is 4.90 Å². The lowest BCUT2D eigenvalue weighted by Crippen LogP contribution is -2.16. The van der Waals surface area contributed by atoms with Crippen molar-refractivity contribution in [3.05, 3.63) is 187 Å². The highest BCUT2D eigenvalue weighted by Crippen LogP contribution is 2.53. The summed E-state index contributed by atoms with van der Waals surface area (Å²) in [4.78, 5) is 2.49. The molecule has 1 aliphatic rings. The molecule has 9 aromatic rings. The van der Waals surface area contributed by atoms with Crippen LogP contribution in [0.25, 0.3) is 64.3 Å². The Bertz CT molecular complexity index is 2880. The quantitative estimate of drug-likeness (QED) is 0.166. The SMILES string of the molecule is CC(C)c1cccc2c1-c1ccc(N(c3ccc(-c4cc5ccccc5cc4-c4ccccc4)cc3)c3cccc4sc5ccccc5c34)cc1C2(C)C. The predicted molar refractivity (Wildman–Crippen MR) is 234 cm³/mol. The van der Waals surface area contributed by atoms with Crippen molar-refractivity contribution in [2.75, 3.05) is 4.90 Å². The van der Waals surface area contributed by atoms with Gasteiger partial charge in [0, 0.05) is 37.0 Å². The highest BCUT2D eigenvalue weighted by Gasteiger charge is 2.37. The summed E-state index contributed by atoms with van der Waals surface area (Å²) in [5.41, 5.74) is 15.3. The molecule has 0 atom stereocenters. The van der Waals surface area contributed by atoms with Gasteiger partial charge >= 0.3 is 0 Å². The van der Waals surface area contributed by atoms with Crippen molar-refractivity contribution < 1.29 is 0 Å². The molecule has 0 saturated heterocycles. The second kappa shape index (κ2) is 12.6. The van der Waals surface area contributed by atoms with E-state index < -0.39 is 0 Å². The summed E-state index contributed by atoms with van der Waals surface area (Å²) < 4.78 is 2.61. The fraction of sp³-hybridized carbons (Fsp3) is 0.115. The zero-order valence-electron chi connectivity index (χ0n) is 31.1. The average molecular weight is 712 g/mol. The van der Waals surface area contributed by atoms with Crippen molar-refractivity contribution in [2.24, 2.45) is 0 Å². The molecule has 260 valence electrons. The van der Waals surface area contributed by atoms with Gasteiger partial charge in [-0.1, -0.05) is 143 Å². The van der Waals surface area contributed by atoms with Crippen molar-refractivity contribution in [1.82, 2.24) is 0 Å². The van der Waals surface area contributed by atoms with E-state index in [1.165, 1.54) is 92.4 Å². The molecule has 0 spiro atoms. The van der Waals surface area contributed by atoms with Crippen molar-refractivity contribution >= 4 is 59.3 Å². The second-order valence-corrected chi connectivity index (χ2v) is 16.6. The van der Waals surface area contributed by atoms with E-state index in [0.29, 0.717) is 5.92 Å². The molecule has 1 aliphatic carbocycles. The van der Waals surface area contributed by atoms with E-state index in [-0.39, 0.29) is 5.41 Å². The van der Waals surface area contributed by atoms with E-state index in [9.17, 15) is 0 Å². The molecule has 0 bridgehead atoms. The van der Waals surface area contributed by atoms with E-state index in [1.807, 2.05) is 11.3 Å². The van der Waals surface area contributed by atoms with Crippen LogP contribution in [0.5, 0.6) is 0 Å². The topological polar surface area (TPSA) is 3.24 Å². The molecule has 0 radical (unpaired) electrons. The molecule has 0 amide bonds. The van der Waals surface area contributed by atoms with Crippen LogP contribution in [0.2, 0.25) is 0 Å². The number of thiophene rings is 1. The Morgan fingerprint density at radius 1 is 0.500 bits per heavy atom. The van der Waals surface area contributed by atoms with Gasteiger partial charge in [0.1, 0.15) is 0 Å². The first-order valence-electron chi connectivity index (χ1n) is 19.0. The largest absolute Gasteiger partial charge is 0.310 e. The molecule has 2 heteroatoms. The zero-order chi connectivity index (χ0) is 36.6. The summed E-state index contributed by atoms with van der Waals surface area (Å²) in [5, 5.41) is 5.10. The molecule has 8 aromatic carbocycles. The van der Waals surface area contributed by atoms with Gasteiger partial charge in [-0.2, -0.15) is 0 Å². The van der Waals surface area contributed by atoms with Crippen LogP contribution >= 0.6 is 11.3 Å². The standard InChI is InChI=1S/C52H41NS/c1-33(2)40-19-12-20-45-50(40)41-29-28-39(32-46(41)52(45,3)4)53(47-21-13-23-49-51(47)42-18-10-11-22-48(42)54-49)38-26-24-35(25-27-38)44-31-37-17-9-8-16-36(37)30-43(44)34-14-6-5-7-15-34/h5-33H,1-4H3. The first-order valence-corrected chi connectivity index (χ1v) is 19.9. The number of hydrogen-bond acceptors (Lipinski definition) is 2. The minimum Gasteiger partial charge on any atom is -0.310 e. The van der Waals surface area contributed by atoms with Crippen molar-refractivity contribution in [2.45, 2.75) is 39.0 Å². The van der Waals surface area contributed by atoms with Crippen LogP contribution in [0.3, 0.4) is 0 Å². The summed E-state index contributed by atoms with van der Waals surface area (Å²) >= 11 is 1.87. The van der Waals surface area contributed by atoms with Crippen molar-refractivity contribution in [3.63, 3.8) is 0 Å². The fourth-order valence-electron chi connectivity index (χ4n) is 8.92. The fourth-order valence-corrected chi connectivity index (χ4v) is 10.0. The van der Waals surface area contributed by atoms with Gasteiger partial charge in [-0.15, -0.1) is 11.3 Å². The Balaban J connectivity index is 1.17. The normalized spacial score (nSPS) is 13.1. The third kappa shape index (κ3) is 5.12. The Kier molecular flexibility index (Phi) is 7.61. The van der Waals surface area contributed by atoms with Gasteiger partial charge in [0.25, 0.3) is 0 Å². The molecule has 0 unspecified atom stereocenters. The highest BCUT2D eigenvalue weighted by molar-refractivity contribution is 7.26. The minimum absolute atomic E-state index is 0.119. The third-order valence-electron chi connectivity index (χ3n) is 11.6. The summed E-state index contributed by atoms with van der Waals surface area (Å²) in [7, 11) is 0. The van der Waals surface area contributed by atoms with Gasteiger partial charge in [0.05, 0.1) is 5.69 Å². The van der Waals surface area contributed by atoms with Gasteiger partial charge < -0.3 is 4.90 Å². The van der Waals surface area contributed by atoms with E-state index in [4.69, 9.17) is 0 Å². The summed E-state index contributed by atoms with van der Waals surface area (Å²) in [6.45, 7) is 9.41. The molecule has 0 N–H and O–H groups in total. The van der Waals surface area contributed by atoms with Crippen LogP contribution in [0.4, 0.5) is 17.1 Å². The molecule has 0 fully saturated rings. The zero-order valence-corrected chi connectivity index (χ0v) is 31.9. The monoisotopic (exact) mass is 711 g/mol. The van der Waals surface area contributed by atoms with Crippen molar-refractivity contribution in [3.8, 4) is 33.4 Å². The van der Waals surface area contributed by atoms with Crippen LogP contribution in [0, 0.1) is 0 Å². The molecule has 0 aliphatic heterocycles. The maximum Gasteiger partial charge on any atom is 0.0554 e. The molecule has 0 saturated carbocycles. The Morgan fingerprint density at radius 3 is 1.87 bits per heavy atom. The van der Waals surface area contributed by atoms with E-state index in [2.05, 4.69) is 202 Å². The van der Waals surface area contributed by atoms with Crippen LogP contribution in [-0.4, -0.2) is 0 Å². The predicted octanol–water partition coefficient (Wildman–Crippen LogP) is 15.4. The van der Waals surface area contributed by atoms with Gasteiger partial charge in [-0.3, -0.25) is 0 Å². The van der Waals surface area contributed by atoms with Crippen LogP contribution in [0.15, 0.2) is 170 Å². The van der Waals surface area contributed by atoms with Crippen molar-refractivity contribution in [1.29, 1.82) is 0 Å². The second-order valence-electron chi connectivity index (χ2n) is 15.5. The lowest BCUT2D eigenvalue weighted by atomic mass is 9.81. The lowest BCUT2D eigenvalue weighted by Gasteiger charge is -2.29. The summed E-state index contributed by atoms with van der Waals surface area (Å²) in [6, 6.07) is 63.2. The molecule has 10 rings (SSSR count). The van der Waals surface area contributed by atoms with Crippen LogP contribution in [0.1, 0.15) is 50.3 Å². The first kappa shape index (κ1) is 32.7. The summed E-state index contributed by atoms with van der Waals surface area (Å²) in [6.07, 6.45) is 0. The lowest BCUT2D eigenvalue weighted by molar-refractivity contribution is 0.659.